The summed E-state index contributed by atoms with van der Waals surface area (Å²) in [6.45, 7) is 7.87. The molecule has 33 heavy (non-hydrogen) atoms. The van der Waals surface area contributed by atoms with Gasteiger partial charge in [0.25, 0.3) is 0 Å². The summed E-state index contributed by atoms with van der Waals surface area (Å²) < 4.78 is 13.6. The van der Waals surface area contributed by atoms with Crippen LogP contribution >= 0.6 is 0 Å². The second kappa shape index (κ2) is 9.28. The van der Waals surface area contributed by atoms with Crippen molar-refractivity contribution in [1.82, 2.24) is 4.58 Å². The molecule has 0 unspecified atom stereocenters. The van der Waals surface area contributed by atoms with Gasteiger partial charge in [-0.25, -0.2) is 9.37 Å². The van der Waals surface area contributed by atoms with Crippen molar-refractivity contribution in [2.24, 2.45) is 0 Å². The maximum Gasteiger partial charge on any atom is 0.338 e. The van der Waals surface area contributed by atoms with Crippen molar-refractivity contribution in [2.75, 3.05) is 19.7 Å². The molecule has 0 spiro atoms. The molecule has 168 valence electrons. The molecule has 0 aromatic heterocycles. The molecule has 0 saturated heterocycles. The van der Waals surface area contributed by atoms with E-state index in [0.717, 1.165) is 24.0 Å². The first-order valence-corrected chi connectivity index (χ1v) is 11.0. The highest BCUT2D eigenvalue weighted by molar-refractivity contribution is 6.08. The Hall–Kier alpha value is -3.93. The van der Waals surface area contributed by atoms with E-state index in [1.165, 1.54) is 6.07 Å². The molecule has 0 saturated carbocycles. The number of esters is 1. The Morgan fingerprint density at radius 1 is 0.939 bits per heavy atom. The summed E-state index contributed by atoms with van der Waals surface area (Å²) in [7, 11) is 0. The monoisotopic (exact) mass is 443 g/mol. The molecule has 4 rings (SSSR count). The molecule has 0 amide bonds. The Balaban J connectivity index is 2.14. The minimum absolute atomic E-state index is 0.0701. The fraction of sp³-hybridized carbons (Fsp3) is 0.222. The van der Waals surface area contributed by atoms with Crippen molar-refractivity contribution in [3.05, 3.63) is 77.1 Å². The first kappa shape index (κ1) is 22.3. The third-order valence-electron chi connectivity index (χ3n) is 5.76. The summed E-state index contributed by atoms with van der Waals surface area (Å²) in [6, 6.07) is 17.7. The lowest BCUT2D eigenvalue weighted by atomic mass is 9.90. The molecule has 1 aliphatic carbocycles. The van der Waals surface area contributed by atoms with Crippen LogP contribution in [0.3, 0.4) is 0 Å². The summed E-state index contributed by atoms with van der Waals surface area (Å²) in [5, 5.41) is 13.6. The first-order valence-electron chi connectivity index (χ1n) is 11.0. The molecule has 0 radical (unpaired) electrons. The number of nitrogens with zero attached hydrogens (tertiary/aromatic N) is 1. The summed E-state index contributed by atoms with van der Waals surface area (Å²) in [5.74, 6) is -1.09. The van der Waals surface area contributed by atoms with E-state index in [0.29, 0.717) is 33.4 Å². The van der Waals surface area contributed by atoms with Gasteiger partial charge in [-0.05, 0) is 50.6 Å². The molecule has 2 aromatic rings. The largest absolute Gasteiger partial charge is 0.545 e. The minimum Gasteiger partial charge on any atom is -0.545 e. The number of carbonyl (C=O) groups is 2. The standard InChI is InChI=1S/C27H25NO5/c1-4-28(5-2)18-12-13-21-24(16-18)33-23-14-11-17(27(31)32-6-3)15-22(23)25(21)19-9-7-8-10-20(19)26(29)30/h7-16H,4-6H2,1-3H3. The quantitative estimate of drug-likeness (QED) is 0.259. The number of rotatable bonds is 6. The average molecular weight is 443 g/mol. The lowest BCUT2D eigenvalue weighted by Crippen LogP contribution is -2.29. The maximum absolute atomic E-state index is 12.4. The second-order valence-corrected chi connectivity index (χ2v) is 7.59. The summed E-state index contributed by atoms with van der Waals surface area (Å²) in [4.78, 5) is 24.3. The van der Waals surface area contributed by atoms with Crippen LogP contribution in [0.1, 0.15) is 41.5 Å². The summed E-state index contributed by atoms with van der Waals surface area (Å²) >= 11 is 0. The average Bonchev–Trinajstić information content (AvgIpc) is 2.83. The van der Waals surface area contributed by atoms with Gasteiger partial charge < -0.3 is 19.1 Å². The maximum atomic E-state index is 12.4. The van der Waals surface area contributed by atoms with Gasteiger partial charge in [-0.15, -0.1) is 0 Å². The number of carboxylic acids is 1. The van der Waals surface area contributed by atoms with Crippen LogP contribution in [-0.2, 0) is 4.74 Å². The number of aromatic carboxylic acids is 1. The van der Waals surface area contributed by atoms with Crippen LogP contribution in [0.4, 0.5) is 0 Å². The van der Waals surface area contributed by atoms with E-state index >= 15 is 0 Å². The topological polar surface area (TPSA) is 82.6 Å². The number of benzene rings is 3. The fourth-order valence-electron chi connectivity index (χ4n) is 4.18. The Bertz CT molecular complexity index is 1390. The molecule has 6 heteroatoms. The van der Waals surface area contributed by atoms with Crippen LogP contribution in [0, 0.1) is 0 Å². The van der Waals surface area contributed by atoms with Crippen LogP contribution in [0.2, 0.25) is 0 Å². The number of hydrogen-bond donors (Lipinski definition) is 0. The number of ether oxygens (including phenoxy) is 1. The van der Waals surface area contributed by atoms with E-state index in [1.807, 2.05) is 18.2 Å². The zero-order valence-corrected chi connectivity index (χ0v) is 18.9. The summed E-state index contributed by atoms with van der Waals surface area (Å²) in [5.41, 5.74) is 2.89. The third-order valence-corrected chi connectivity index (χ3v) is 5.76. The van der Waals surface area contributed by atoms with Crippen LogP contribution in [0.15, 0.2) is 65.1 Å². The van der Waals surface area contributed by atoms with E-state index in [4.69, 9.17) is 9.15 Å². The van der Waals surface area contributed by atoms with Crippen LogP contribution < -0.4 is 15.0 Å². The van der Waals surface area contributed by atoms with Crippen molar-refractivity contribution in [2.45, 2.75) is 20.8 Å². The number of carboxylic acid groups (broad SMARTS) is 1. The molecule has 1 aliphatic heterocycles. The van der Waals surface area contributed by atoms with Gasteiger partial charge >= 0.3 is 5.97 Å². The fourth-order valence-corrected chi connectivity index (χ4v) is 4.18. The third kappa shape index (κ3) is 4.12. The summed E-state index contributed by atoms with van der Waals surface area (Å²) in [6.07, 6.45) is 0. The molecule has 6 nitrogen and oxygen atoms in total. The second-order valence-electron chi connectivity index (χ2n) is 7.59. The SMILES string of the molecule is CCOC(=O)c1ccc2oc3cc(=[N+](CC)CC)ccc-3c(-c3ccccc3C(=O)[O-])c2c1. The lowest BCUT2D eigenvalue weighted by Gasteiger charge is -2.18. The van der Waals surface area contributed by atoms with Gasteiger partial charge in [-0.3, -0.25) is 0 Å². The van der Waals surface area contributed by atoms with Crippen molar-refractivity contribution in [1.29, 1.82) is 0 Å². The van der Waals surface area contributed by atoms with E-state index < -0.39 is 11.9 Å². The van der Waals surface area contributed by atoms with Crippen LogP contribution in [0.25, 0.3) is 33.4 Å². The Morgan fingerprint density at radius 2 is 1.70 bits per heavy atom. The molecular formula is C27H25NO5. The molecule has 0 N–H and O–H groups in total. The van der Waals surface area contributed by atoms with E-state index in [9.17, 15) is 14.7 Å². The van der Waals surface area contributed by atoms with Gasteiger partial charge in [0.2, 0.25) is 5.36 Å². The molecule has 0 fully saturated rings. The van der Waals surface area contributed by atoms with E-state index in [1.54, 1.807) is 43.3 Å². The van der Waals surface area contributed by atoms with E-state index in [2.05, 4.69) is 18.4 Å². The molecule has 1 heterocycles. The number of hydrogen-bond acceptors (Lipinski definition) is 5. The van der Waals surface area contributed by atoms with Crippen molar-refractivity contribution in [3.63, 3.8) is 0 Å². The lowest BCUT2D eigenvalue weighted by molar-refractivity contribution is -0.254. The van der Waals surface area contributed by atoms with Crippen molar-refractivity contribution >= 4 is 22.9 Å². The van der Waals surface area contributed by atoms with Gasteiger partial charge in [0, 0.05) is 28.1 Å². The first-order chi connectivity index (χ1) is 16.0. The zero-order valence-electron chi connectivity index (χ0n) is 18.9. The van der Waals surface area contributed by atoms with E-state index in [-0.39, 0.29) is 12.2 Å². The highest BCUT2D eigenvalue weighted by Crippen LogP contribution is 2.41. The smallest absolute Gasteiger partial charge is 0.338 e. The van der Waals surface area contributed by atoms with Gasteiger partial charge in [-0.1, -0.05) is 24.3 Å². The van der Waals surface area contributed by atoms with Crippen molar-refractivity contribution < 1.29 is 23.8 Å². The highest BCUT2D eigenvalue weighted by Gasteiger charge is 2.21. The van der Waals surface area contributed by atoms with Gasteiger partial charge in [0.1, 0.15) is 24.4 Å². The Morgan fingerprint density at radius 3 is 2.39 bits per heavy atom. The minimum atomic E-state index is -1.27. The molecule has 0 atom stereocenters. The Kier molecular flexibility index (Phi) is 6.27. The normalized spacial score (nSPS) is 11.0. The molecule has 2 aliphatic rings. The zero-order chi connectivity index (χ0) is 23.5. The molecule has 0 bridgehead atoms. The predicted molar refractivity (Wildman–Crippen MR) is 125 cm³/mol. The van der Waals surface area contributed by atoms with Crippen LogP contribution in [0.5, 0.6) is 0 Å². The highest BCUT2D eigenvalue weighted by atomic mass is 16.5. The van der Waals surface area contributed by atoms with Gasteiger partial charge in [0.05, 0.1) is 24.2 Å². The molecule has 2 aromatic carbocycles. The predicted octanol–water partition coefficient (Wildman–Crippen LogP) is 3.56. The molecular weight excluding hydrogens is 418 g/mol. The van der Waals surface area contributed by atoms with Gasteiger partial charge in [-0.2, -0.15) is 0 Å². The van der Waals surface area contributed by atoms with Crippen molar-refractivity contribution in [3.8, 4) is 22.5 Å². The van der Waals surface area contributed by atoms with Gasteiger partial charge in [0.15, 0.2) is 0 Å². The Labute approximate surface area is 191 Å². The number of fused-ring (bicyclic) bond motifs is 2. The van der Waals surface area contributed by atoms with Crippen LogP contribution in [-0.4, -0.2) is 31.6 Å². The number of carbonyl (C=O) groups excluding carboxylic acids is 2.